The van der Waals surface area contributed by atoms with Crippen LogP contribution < -0.4 is 4.74 Å². The third kappa shape index (κ3) is 5.37. The summed E-state index contributed by atoms with van der Waals surface area (Å²) in [6.45, 7) is 7.43. The fraction of sp³-hybridized carbons (Fsp3) is 0.400. The SMILES string of the molecule is C1CO1.CCOc1c(C(C)C#N)cc(Cl)c(C)c1-c1cncc(C(F)(F)F)c1. The van der Waals surface area contributed by atoms with Gasteiger partial charge in [-0.05, 0) is 38.5 Å². The summed E-state index contributed by atoms with van der Waals surface area (Å²) in [6.07, 6.45) is -2.41. The molecule has 0 radical (unpaired) electrons. The van der Waals surface area contributed by atoms with Crippen LogP contribution in [0.1, 0.15) is 36.5 Å². The lowest BCUT2D eigenvalue weighted by molar-refractivity contribution is -0.137. The highest BCUT2D eigenvalue weighted by Gasteiger charge is 2.32. The van der Waals surface area contributed by atoms with E-state index >= 15 is 0 Å². The number of benzene rings is 1. The molecule has 1 unspecified atom stereocenters. The van der Waals surface area contributed by atoms with Gasteiger partial charge in [0.05, 0.1) is 37.4 Å². The quantitative estimate of drug-likeness (QED) is 0.598. The zero-order valence-electron chi connectivity index (χ0n) is 15.7. The van der Waals surface area contributed by atoms with Crippen LogP contribution in [0.15, 0.2) is 24.5 Å². The van der Waals surface area contributed by atoms with Gasteiger partial charge in [0.2, 0.25) is 0 Å². The van der Waals surface area contributed by atoms with E-state index in [-0.39, 0.29) is 5.56 Å². The van der Waals surface area contributed by atoms with Crippen LogP contribution in [0.3, 0.4) is 0 Å². The highest BCUT2D eigenvalue weighted by atomic mass is 35.5. The standard InChI is InChI=1S/C18H16ClF3N2O.C2H4O/c1-4-25-17-14(10(2)7-23)6-15(19)11(3)16(17)12-5-13(9-24-8-12)18(20,21)22;1-2-3-1/h5-6,8-10H,4H2,1-3H3;1-2H2. The Morgan fingerprint density at radius 3 is 2.46 bits per heavy atom. The minimum absolute atomic E-state index is 0.240. The number of nitriles is 1. The molecular weight excluding hydrogens is 393 g/mol. The molecule has 150 valence electrons. The van der Waals surface area contributed by atoms with Crippen LogP contribution in [0.5, 0.6) is 5.75 Å². The van der Waals surface area contributed by atoms with Crippen LogP contribution in [-0.4, -0.2) is 24.8 Å². The summed E-state index contributed by atoms with van der Waals surface area (Å²) in [5, 5.41) is 9.60. The molecule has 1 atom stereocenters. The van der Waals surface area contributed by atoms with E-state index in [2.05, 4.69) is 15.8 Å². The molecule has 1 aliphatic rings. The summed E-state index contributed by atoms with van der Waals surface area (Å²) in [6, 6.07) is 4.74. The second-order valence-corrected chi connectivity index (χ2v) is 6.54. The van der Waals surface area contributed by atoms with Crippen molar-refractivity contribution >= 4 is 11.6 Å². The van der Waals surface area contributed by atoms with Gasteiger partial charge in [0.1, 0.15) is 5.75 Å². The molecule has 1 aromatic carbocycles. The zero-order valence-corrected chi connectivity index (χ0v) is 16.5. The number of nitrogens with zero attached hydrogens (tertiary/aromatic N) is 2. The molecule has 2 aromatic rings. The molecule has 0 N–H and O–H groups in total. The summed E-state index contributed by atoms with van der Waals surface area (Å²) in [5.74, 6) is -0.170. The van der Waals surface area contributed by atoms with Gasteiger partial charge >= 0.3 is 6.18 Å². The Balaban J connectivity index is 0.000000849. The van der Waals surface area contributed by atoms with Gasteiger partial charge in [0.15, 0.2) is 0 Å². The van der Waals surface area contributed by atoms with E-state index in [1.54, 1.807) is 26.8 Å². The molecule has 0 bridgehead atoms. The summed E-state index contributed by atoms with van der Waals surface area (Å²) in [7, 11) is 0. The minimum atomic E-state index is -4.51. The van der Waals surface area contributed by atoms with Crippen LogP contribution in [-0.2, 0) is 10.9 Å². The molecule has 0 spiro atoms. The fourth-order valence-electron chi connectivity index (χ4n) is 2.51. The van der Waals surface area contributed by atoms with E-state index in [4.69, 9.17) is 16.3 Å². The van der Waals surface area contributed by atoms with E-state index in [1.165, 1.54) is 6.20 Å². The van der Waals surface area contributed by atoms with Crippen LogP contribution in [0.2, 0.25) is 5.02 Å². The fourth-order valence-corrected chi connectivity index (χ4v) is 2.73. The lowest BCUT2D eigenvalue weighted by atomic mass is 9.92. The number of halogens is 4. The number of ether oxygens (including phenoxy) is 2. The van der Waals surface area contributed by atoms with Gasteiger partial charge in [-0.1, -0.05) is 11.6 Å². The number of hydrogen-bond donors (Lipinski definition) is 0. The maximum Gasteiger partial charge on any atom is 0.417 e. The lowest BCUT2D eigenvalue weighted by Gasteiger charge is -2.20. The van der Waals surface area contributed by atoms with E-state index in [1.807, 2.05) is 0 Å². The first-order valence-corrected chi connectivity index (χ1v) is 9.04. The predicted molar refractivity (Wildman–Crippen MR) is 100 cm³/mol. The predicted octanol–water partition coefficient (Wildman–Crippen LogP) is 5.77. The highest BCUT2D eigenvalue weighted by molar-refractivity contribution is 6.32. The van der Waals surface area contributed by atoms with E-state index in [0.717, 1.165) is 25.5 Å². The Kier molecular flexibility index (Phi) is 7.28. The van der Waals surface area contributed by atoms with Crippen molar-refractivity contribution in [2.75, 3.05) is 19.8 Å². The third-order valence-corrected chi connectivity index (χ3v) is 4.40. The van der Waals surface area contributed by atoms with Gasteiger partial charge in [0, 0.05) is 34.1 Å². The van der Waals surface area contributed by atoms with Crippen molar-refractivity contribution in [2.45, 2.75) is 32.9 Å². The van der Waals surface area contributed by atoms with Crippen molar-refractivity contribution in [1.82, 2.24) is 4.98 Å². The summed E-state index contributed by atoms with van der Waals surface area (Å²) >= 11 is 6.26. The Bertz CT molecular complexity index is 874. The smallest absolute Gasteiger partial charge is 0.417 e. The normalized spacial score (nSPS) is 13.8. The Morgan fingerprint density at radius 1 is 1.32 bits per heavy atom. The largest absolute Gasteiger partial charge is 0.493 e. The average molecular weight is 413 g/mol. The second-order valence-electron chi connectivity index (χ2n) is 6.13. The summed E-state index contributed by atoms with van der Waals surface area (Å²) in [5.41, 5.74) is 0.906. The molecule has 4 nitrogen and oxygen atoms in total. The molecule has 0 aliphatic carbocycles. The molecular formula is C20H20ClF3N2O2. The Labute approximate surface area is 166 Å². The van der Waals surface area contributed by atoms with E-state index in [9.17, 15) is 18.4 Å². The Morgan fingerprint density at radius 2 is 1.96 bits per heavy atom. The number of pyridine rings is 1. The van der Waals surface area contributed by atoms with Crippen molar-refractivity contribution in [3.63, 3.8) is 0 Å². The number of aromatic nitrogens is 1. The number of hydrogen-bond acceptors (Lipinski definition) is 4. The second kappa shape index (κ2) is 9.26. The molecule has 2 heterocycles. The monoisotopic (exact) mass is 412 g/mol. The maximum absolute atomic E-state index is 13.0. The first kappa shape index (κ1) is 22.0. The highest BCUT2D eigenvalue weighted by Crippen LogP contribution is 2.43. The van der Waals surface area contributed by atoms with E-state index in [0.29, 0.717) is 34.1 Å². The number of rotatable bonds is 4. The van der Waals surface area contributed by atoms with Gasteiger partial charge < -0.3 is 9.47 Å². The van der Waals surface area contributed by atoms with Crippen molar-refractivity contribution in [2.24, 2.45) is 0 Å². The molecule has 28 heavy (non-hydrogen) atoms. The topological polar surface area (TPSA) is 58.4 Å². The van der Waals surface area contributed by atoms with Gasteiger partial charge in [-0.2, -0.15) is 18.4 Å². The molecule has 1 aliphatic heterocycles. The Hall–Kier alpha value is -2.30. The van der Waals surface area contributed by atoms with Crippen LogP contribution >= 0.6 is 11.6 Å². The maximum atomic E-state index is 13.0. The molecule has 0 saturated carbocycles. The first-order valence-electron chi connectivity index (χ1n) is 8.66. The van der Waals surface area contributed by atoms with Crippen molar-refractivity contribution < 1.29 is 22.6 Å². The number of alkyl halides is 3. The summed E-state index contributed by atoms with van der Waals surface area (Å²) in [4.78, 5) is 3.71. The van der Waals surface area contributed by atoms with Crippen LogP contribution in [0, 0.1) is 18.3 Å². The van der Waals surface area contributed by atoms with Crippen LogP contribution in [0.25, 0.3) is 11.1 Å². The van der Waals surface area contributed by atoms with Gasteiger partial charge in [-0.3, -0.25) is 4.98 Å². The molecule has 8 heteroatoms. The average Bonchev–Trinajstić information content (AvgIpc) is 3.53. The number of epoxide rings is 1. The van der Waals surface area contributed by atoms with Gasteiger partial charge in [-0.25, -0.2) is 0 Å². The van der Waals surface area contributed by atoms with Crippen LogP contribution in [0.4, 0.5) is 13.2 Å². The summed E-state index contributed by atoms with van der Waals surface area (Å²) < 4.78 is 49.3. The van der Waals surface area contributed by atoms with Crippen molar-refractivity contribution in [1.29, 1.82) is 5.26 Å². The van der Waals surface area contributed by atoms with E-state index < -0.39 is 17.7 Å². The van der Waals surface area contributed by atoms with Gasteiger partial charge in [0.25, 0.3) is 0 Å². The molecule has 3 rings (SSSR count). The first-order chi connectivity index (χ1) is 13.2. The molecule has 1 saturated heterocycles. The minimum Gasteiger partial charge on any atom is -0.493 e. The molecule has 0 amide bonds. The molecule has 1 aromatic heterocycles. The van der Waals surface area contributed by atoms with Crippen molar-refractivity contribution in [3.05, 3.63) is 46.2 Å². The molecule has 1 fully saturated rings. The third-order valence-electron chi connectivity index (χ3n) is 4.01. The van der Waals surface area contributed by atoms with Gasteiger partial charge in [-0.15, -0.1) is 0 Å². The zero-order chi connectivity index (χ0) is 20.9. The van der Waals surface area contributed by atoms with Crippen molar-refractivity contribution in [3.8, 4) is 22.9 Å². The lowest BCUT2D eigenvalue weighted by Crippen LogP contribution is -2.07.